The smallest absolute Gasteiger partial charge is 0.257 e. The van der Waals surface area contributed by atoms with Crippen LogP contribution in [0.2, 0.25) is 0 Å². The summed E-state index contributed by atoms with van der Waals surface area (Å²) in [6.45, 7) is 1.81. The van der Waals surface area contributed by atoms with Crippen LogP contribution in [0.25, 0.3) is 0 Å². The second kappa shape index (κ2) is 6.44. The first kappa shape index (κ1) is 16.9. The van der Waals surface area contributed by atoms with Crippen molar-refractivity contribution in [2.24, 2.45) is 0 Å². The lowest BCUT2D eigenvalue weighted by Gasteiger charge is -2.40. The minimum atomic E-state index is -0.228. The lowest BCUT2D eigenvalue weighted by Crippen LogP contribution is -2.50. The third-order valence-corrected chi connectivity index (χ3v) is 5.60. The van der Waals surface area contributed by atoms with Crippen molar-refractivity contribution in [3.05, 3.63) is 47.5 Å². The largest absolute Gasteiger partial charge is 0.486 e. The highest BCUT2D eigenvalue weighted by Gasteiger charge is 2.38. The number of anilines is 2. The highest BCUT2D eigenvalue weighted by molar-refractivity contribution is 6.08. The Bertz CT molecular complexity index is 974. The summed E-state index contributed by atoms with van der Waals surface area (Å²) in [6.07, 6.45) is 2.04. The van der Waals surface area contributed by atoms with Crippen molar-refractivity contribution < 1.29 is 19.1 Å². The van der Waals surface area contributed by atoms with Crippen LogP contribution in [0.15, 0.2) is 36.4 Å². The van der Waals surface area contributed by atoms with Crippen LogP contribution >= 0.6 is 0 Å². The number of benzene rings is 2. The molecule has 1 N–H and O–H groups in total. The number of carbonyl (C=O) groups is 2. The molecular formula is C21H21N3O4. The Kier molecular flexibility index (Phi) is 3.89. The standard InChI is InChI=1S/C21H21N3O4/c1-23-16-11-13(4-6-15(16)21(26)24-8-2-3-19(23)24)20(25)22-14-5-7-17-18(12-14)28-10-9-27-17/h4-7,11-12,19H,2-3,8-10H2,1H3,(H,22,25)/t19-/m1/s1. The Morgan fingerprint density at radius 2 is 1.93 bits per heavy atom. The molecule has 1 atom stereocenters. The molecule has 0 saturated carbocycles. The van der Waals surface area contributed by atoms with E-state index in [9.17, 15) is 9.59 Å². The number of fused-ring (bicyclic) bond motifs is 3. The molecule has 1 saturated heterocycles. The molecule has 2 amide bonds. The molecule has 5 rings (SSSR count). The van der Waals surface area contributed by atoms with Gasteiger partial charge in [-0.25, -0.2) is 0 Å². The molecule has 144 valence electrons. The fraction of sp³-hybridized carbons (Fsp3) is 0.333. The maximum absolute atomic E-state index is 12.8. The highest BCUT2D eigenvalue weighted by atomic mass is 16.6. The van der Waals surface area contributed by atoms with Crippen molar-refractivity contribution >= 4 is 23.2 Å². The summed E-state index contributed by atoms with van der Waals surface area (Å²) in [5.74, 6) is 1.13. The van der Waals surface area contributed by atoms with Crippen LogP contribution in [-0.4, -0.2) is 49.7 Å². The van der Waals surface area contributed by atoms with Crippen molar-refractivity contribution in [2.75, 3.05) is 37.0 Å². The number of hydrogen-bond acceptors (Lipinski definition) is 5. The SMILES string of the molecule is CN1c2cc(C(=O)Nc3ccc4c(c3)OCCO4)ccc2C(=O)N2CCC[C@@H]21. The molecule has 3 heterocycles. The van der Waals surface area contributed by atoms with Gasteiger partial charge in [0.25, 0.3) is 11.8 Å². The van der Waals surface area contributed by atoms with Crippen molar-refractivity contribution in [2.45, 2.75) is 19.0 Å². The maximum atomic E-state index is 12.8. The van der Waals surface area contributed by atoms with Crippen molar-refractivity contribution in [3.8, 4) is 11.5 Å². The molecule has 0 aliphatic carbocycles. The molecule has 0 bridgehead atoms. The van der Waals surface area contributed by atoms with Crippen molar-refractivity contribution in [1.29, 1.82) is 0 Å². The fourth-order valence-corrected chi connectivity index (χ4v) is 4.17. The zero-order chi connectivity index (χ0) is 19.3. The predicted octanol–water partition coefficient (Wildman–Crippen LogP) is 2.72. The number of hydrogen-bond donors (Lipinski definition) is 1. The summed E-state index contributed by atoms with van der Waals surface area (Å²) >= 11 is 0. The number of rotatable bonds is 2. The zero-order valence-corrected chi connectivity index (χ0v) is 15.6. The van der Waals surface area contributed by atoms with Gasteiger partial charge in [0.15, 0.2) is 11.5 Å². The third kappa shape index (κ3) is 2.66. The minimum Gasteiger partial charge on any atom is -0.486 e. The van der Waals surface area contributed by atoms with Gasteiger partial charge in [0, 0.05) is 30.9 Å². The molecule has 0 radical (unpaired) electrons. The highest BCUT2D eigenvalue weighted by Crippen LogP contribution is 2.36. The van der Waals surface area contributed by atoms with Gasteiger partial charge in [-0.05, 0) is 43.2 Å². The van der Waals surface area contributed by atoms with Gasteiger partial charge in [-0.15, -0.1) is 0 Å². The Morgan fingerprint density at radius 1 is 1.11 bits per heavy atom. The first-order chi connectivity index (χ1) is 13.6. The van der Waals surface area contributed by atoms with Gasteiger partial charge in [-0.1, -0.05) is 0 Å². The first-order valence-electron chi connectivity index (χ1n) is 9.51. The van der Waals surface area contributed by atoms with E-state index in [1.54, 1.807) is 36.4 Å². The quantitative estimate of drug-likeness (QED) is 0.869. The molecule has 28 heavy (non-hydrogen) atoms. The van der Waals surface area contributed by atoms with E-state index in [-0.39, 0.29) is 18.0 Å². The summed E-state index contributed by atoms with van der Waals surface area (Å²) < 4.78 is 11.1. The van der Waals surface area contributed by atoms with E-state index in [1.165, 1.54) is 0 Å². The number of nitrogens with one attached hydrogen (secondary N) is 1. The van der Waals surface area contributed by atoms with Gasteiger partial charge in [0.2, 0.25) is 0 Å². The van der Waals surface area contributed by atoms with Crippen LogP contribution < -0.4 is 19.7 Å². The number of carbonyl (C=O) groups excluding carboxylic acids is 2. The second-order valence-corrected chi connectivity index (χ2v) is 7.28. The van der Waals surface area contributed by atoms with Gasteiger partial charge < -0.3 is 24.6 Å². The van der Waals surface area contributed by atoms with E-state index in [0.717, 1.165) is 25.1 Å². The van der Waals surface area contributed by atoms with Gasteiger partial charge in [0.05, 0.1) is 11.3 Å². The normalized spacial score (nSPS) is 19.9. The average Bonchev–Trinajstić information content (AvgIpc) is 3.22. The molecule has 0 aromatic heterocycles. The zero-order valence-electron chi connectivity index (χ0n) is 15.6. The van der Waals surface area contributed by atoms with Crippen LogP contribution in [0.3, 0.4) is 0 Å². The lowest BCUT2D eigenvalue weighted by molar-refractivity contribution is 0.0719. The molecule has 3 aliphatic heterocycles. The van der Waals surface area contributed by atoms with Crippen LogP contribution in [0.5, 0.6) is 11.5 Å². The summed E-state index contributed by atoms with van der Waals surface area (Å²) in [7, 11) is 1.98. The van der Waals surface area contributed by atoms with Crippen molar-refractivity contribution in [3.63, 3.8) is 0 Å². The van der Waals surface area contributed by atoms with Gasteiger partial charge in [0.1, 0.15) is 19.4 Å². The van der Waals surface area contributed by atoms with E-state index >= 15 is 0 Å². The Morgan fingerprint density at radius 3 is 2.79 bits per heavy atom. The number of amides is 2. The third-order valence-electron chi connectivity index (χ3n) is 5.60. The fourth-order valence-electron chi connectivity index (χ4n) is 4.17. The summed E-state index contributed by atoms with van der Waals surface area (Å²) in [4.78, 5) is 29.5. The molecule has 7 nitrogen and oxygen atoms in total. The Labute approximate surface area is 162 Å². The van der Waals surface area contributed by atoms with E-state index in [1.807, 2.05) is 11.9 Å². The minimum absolute atomic E-state index is 0.0504. The van der Waals surface area contributed by atoms with Crippen LogP contribution in [0.1, 0.15) is 33.6 Å². The summed E-state index contributed by atoms with van der Waals surface area (Å²) in [6, 6.07) is 10.6. The first-order valence-corrected chi connectivity index (χ1v) is 9.51. The molecule has 0 spiro atoms. The Balaban J connectivity index is 1.41. The Hall–Kier alpha value is -3.22. The topological polar surface area (TPSA) is 71.1 Å². The molecular weight excluding hydrogens is 358 g/mol. The van der Waals surface area contributed by atoms with Crippen LogP contribution in [0, 0.1) is 0 Å². The maximum Gasteiger partial charge on any atom is 0.257 e. The molecule has 2 aromatic carbocycles. The predicted molar refractivity (Wildman–Crippen MR) is 104 cm³/mol. The second-order valence-electron chi connectivity index (χ2n) is 7.28. The molecule has 2 aromatic rings. The van der Waals surface area contributed by atoms with Gasteiger partial charge in [-0.3, -0.25) is 9.59 Å². The van der Waals surface area contributed by atoms with E-state index in [4.69, 9.17) is 9.47 Å². The number of nitrogens with zero attached hydrogens (tertiary/aromatic N) is 2. The summed E-state index contributed by atoms with van der Waals surface area (Å²) in [5, 5.41) is 2.90. The molecule has 3 aliphatic rings. The van der Waals surface area contributed by atoms with Gasteiger partial charge >= 0.3 is 0 Å². The lowest BCUT2D eigenvalue weighted by atomic mass is 10.0. The average molecular weight is 379 g/mol. The molecule has 0 unspecified atom stereocenters. The number of ether oxygens (including phenoxy) is 2. The van der Waals surface area contributed by atoms with Crippen LogP contribution in [0.4, 0.5) is 11.4 Å². The van der Waals surface area contributed by atoms with Crippen molar-refractivity contribution in [1.82, 2.24) is 4.90 Å². The summed E-state index contributed by atoms with van der Waals surface area (Å²) in [5.41, 5.74) is 2.61. The van der Waals surface area contributed by atoms with E-state index in [0.29, 0.717) is 41.5 Å². The van der Waals surface area contributed by atoms with E-state index in [2.05, 4.69) is 10.2 Å². The van der Waals surface area contributed by atoms with E-state index < -0.39 is 0 Å². The monoisotopic (exact) mass is 379 g/mol. The van der Waals surface area contributed by atoms with Crippen LogP contribution in [-0.2, 0) is 0 Å². The molecule has 7 heteroatoms. The molecule has 1 fully saturated rings. The van der Waals surface area contributed by atoms with Gasteiger partial charge in [-0.2, -0.15) is 0 Å².